The van der Waals surface area contributed by atoms with Gasteiger partial charge in [0.05, 0.1) is 12.2 Å². The van der Waals surface area contributed by atoms with Crippen LogP contribution in [-0.4, -0.2) is 70.7 Å². The first kappa shape index (κ1) is 13.9. The van der Waals surface area contributed by atoms with Gasteiger partial charge in [-0.15, -0.1) is 5.10 Å². The van der Waals surface area contributed by atoms with Crippen LogP contribution in [0.15, 0.2) is 5.38 Å². The van der Waals surface area contributed by atoms with Gasteiger partial charge in [0.25, 0.3) is 5.91 Å². The summed E-state index contributed by atoms with van der Waals surface area (Å²) in [5.41, 5.74) is 0.441. The van der Waals surface area contributed by atoms with Gasteiger partial charge in [0.1, 0.15) is 0 Å². The van der Waals surface area contributed by atoms with E-state index in [1.807, 2.05) is 4.90 Å². The van der Waals surface area contributed by atoms with Crippen molar-refractivity contribution in [3.8, 4) is 0 Å². The Kier molecular flexibility index (Phi) is 3.74. The van der Waals surface area contributed by atoms with Crippen LogP contribution in [0.4, 0.5) is 0 Å². The minimum atomic E-state index is -0.0218. The first-order valence-electron chi connectivity index (χ1n) is 6.96. The van der Waals surface area contributed by atoms with Crippen LogP contribution in [-0.2, 0) is 4.74 Å². The molecule has 2 aliphatic heterocycles. The lowest BCUT2D eigenvalue weighted by Crippen LogP contribution is -2.47. The molecule has 0 radical (unpaired) electrons. The van der Waals surface area contributed by atoms with Crippen molar-refractivity contribution in [2.45, 2.75) is 30.9 Å². The van der Waals surface area contributed by atoms with Crippen LogP contribution in [0.1, 0.15) is 29.8 Å². The van der Waals surface area contributed by atoms with Crippen molar-refractivity contribution in [2.24, 2.45) is 0 Å². The molecule has 0 N–H and O–H groups in total. The van der Waals surface area contributed by atoms with E-state index in [4.69, 9.17) is 4.74 Å². The number of piperidine rings is 1. The maximum atomic E-state index is 12.2. The Labute approximate surface area is 122 Å². The van der Waals surface area contributed by atoms with Crippen molar-refractivity contribution >= 4 is 17.4 Å². The zero-order valence-corrected chi connectivity index (χ0v) is 12.7. The molecule has 1 spiro atoms. The predicted molar refractivity (Wildman–Crippen MR) is 75.8 cm³/mol. The number of carbonyl (C=O) groups is 1. The standard InChI is InChI=1S/C13H20N4O2S/c1-16(2)10-7-13(19-8-10)3-5-17(6-4-13)12(18)11-9-20-15-14-11/h9-10H,3-8H2,1-2H3. The lowest BCUT2D eigenvalue weighted by atomic mass is 9.87. The molecule has 110 valence electrons. The first-order chi connectivity index (χ1) is 9.60. The van der Waals surface area contributed by atoms with E-state index in [-0.39, 0.29) is 11.5 Å². The van der Waals surface area contributed by atoms with E-state index in [0.717, 1.165) is 39.0 Å². The Hall–Kier alpha value is -1.05. The van der Waals surface area contributed by atoms with Crippen LogP contribution in [0.25, 0.3) is 0 Å². The molecule has 7 heteroatoms. The molecule has 1 aromatic rings. The molecular weight excluding hydrogens is 276 g/mol. The third-order valence-electron chi connectivity index (χ3n) is 4.46. The van der Waals surface area contributed by atoms with Crippen LogP contribution in [0.5, 0.6) is 0 Å². The van der Waals surface area contributed by atoms with Crippen molar-refractivity contribution in [1.82, 2.24) is 19.4 Å². The Morgan fingerprint density at radius 3 is 2.80 bits per heavy atom. The van der Waals surface area contributed by atoms with Crippen LogP contribution in [0, 0.1) is 0 Å². The number of nitrogens with zero attached hydrogens (tertiary/aromatic N) is 4. The molecule has 20 heavy (non-hydrogen) atoms. The summed E-state index contributed by atoms with van der Waals surface area (Å²) in [4.78, 5) is 16.3. The SMILES string of the molecule is CN(C)C1COC2(CCN(C(=O)c3csnn3)CC2)C1. The third kappa shape index (κ3) is 2.57. The topological polar surface area (TPSA) is 58.6 Å². The fourth-order valence-electron chi connectivity index (χ4n) is 3.04. The fourth-order valence-corrected chi connectivity index (χ4v) is 3.47. The summed E-state index contributed by atoms with van der Waals surface area (Å²) in [5.74, 6) is -0.00393. The van der Waals surface area contributed by atoms with E-state index in [9.17, 15) is 4.79 Å². The highest BCUT2D eigenvalue weighted by molar-refractivity contribution is 7.03. The quantitative estimate of drug-likeness (QED) is 0.810. The highest BCUT2D eigenvalue weighted by atomic mass is 32.1. The number of aromatic nitrogens is 2. The highest BCUT2D eigenvalue weighted by Gasteiger charge is 2.44. The molecule has 3 heterocycles. The van der Waals surface area contributed by atoms with Crippen LogP contribution < -0.4 is 0 Å². The Morgan fingerprint density at radius 2 is 2.25 bits per heavy atom. The molecule has 0 aliphatic carbocycles. The minimum Gasteiger partial charge on any atom is -0.373 e. The molecule has 0 aromatic carbocycles. The molecule has 6 nitrogen and oxygen atoms in total. The summed E-state index contributed by atoms with van der Waals surface area (Å²) in [5, 5.41) is 5.56. The second-order valence-corrected chi connectivity index (χ2v) is 6.51. The zero-order chi connectivity index (χ0) is 14.2. The number of hydrogen-bond donors (Lipinski definition) is 0. The van der Waals surface area contributed by atoms with Gasteiger partial charge >= 0.3 is 0 Å². The summed E-state index contributed by atoms with van der Waals surface area (Å²) >= 11 is 1.22. The number of likely N-dealkylation sites (N-methyl/N-ethyl adjacent to an activating group) is 1. The average Bonchev–Trinajstić information content (AvgIpc) is 3.09. The summed E-state index contributed by atoms with van der Waals surface area (Å²) in [6.07, 6.45) is 2.90. The van der Waals surface area contributed by atoms with Crippen LogP contribution in [0.2, 0.25) is 0 Å². The molecule has 3 rings (SSSR count). The van der Waals surface area contributed by atoms with Crippen molar-refractivity contribution in [3.05, 3.63) is 11.1 Å². The molecule has 2 fully saturated rings. The number of amides is 1. The molecule has 1 unspecified atom stereocenters. The van der Waals surface area contributed by atoms with Gasteiger partial charge in [-0.1, -0.05) is 4.49 Å². The van der Waals surface area contributed by atoms with E-state index < -0.39 is 0 Å². The predicted octanol–water partition coefficient (Wildman–Crippen LogP) is 0.863. The van der Waals surface area contributed by atoms with Crippen molar-refractivity contribution in [3.63, 3.8) is 0 Å². The molecule has 0 saturated carbocycles. The lowest BCUT2D eigenvalue weighted by molar-refractivity contribution is -0.0393. The lowest BCUT2D eigenvalue weighted by Gasteiger charge is -2.38. The molecule has 1 atom stereocenters. The van der Waals surface area contributed by atoms with Gasteiger partial charge < -0.3 is 14.5 Å². The molecule has 2 aliphatic rings. The van der Waals surface area contributed by atoms with Crippen molar-refractivity contribution in [2.75, 3.05) is 33.8 Å². The number of ether oxygens (including phenoxy) is 1. The summed E-state index contributed by atoms with van der Waals surface area (Å²) in [7, 11) is 4.20. The molecule has 1 aromatic heterocycles. The Balaban J connectivity index is 1.59. The molecule has 2 saturated heterocycles. The number of rotatable bonds is 2. The smallest absolute Gasteiger partial charge is 0.275 e. The third-order valence-corrected chi connectivity index (χ3v) is 4.97. The van der Waals surface area contributed by atoms with Gasteiger partial charge in [-0.3, -0.25) is 4.79 Å². The van der Waals surface area contributed by atoms with Gasteiger partial charge in [0, 0.05) is 24.5 Å². The van der Waals surface area contributed by atoms with Crippen molar-refractivity contribution in [1.29, 1.82) is 0 Å². The van der Waals surface area contributed by atoms with E-state index >= 15 is 0 Å². The van der Waals surface area contributed by atoms with Crippen LogP contribution >= 0.6 is 11.5 Å². The van der Waals surface area contributed by atoms with E-state index in [0.29, 0.717) is 11.7 Å². The van der Waals surface area contributed by atoms with E-state index in [1.165, 1.54) is 11.5 Å². The van der Waals surface area contributed by atoms with Gasteiger partial charge in [0.15, 0.2) is 5.69 Å². The average molecular weight is 296 g/mol. The normalized spacial score (nSPS) is 25.6. The monoisotopic (exact) mass is 296 g/mol. The van der Waals surface area contributed by atoms with Gasteiger partial charge in [0.2, 0.25) is 0 Å². The van der Waals surface area contributed by atoms with Crippen LogP contribution in [0.3, 0.4) is 0 Å². The van der Waals surface area contributed by atoms with E-state index in [2.05, 4.69) is 28.6 Å². The largest absolute Gasteiger partial charge is 0.373 e. The number of likely N-dealkylation sites (tertiary alicyclic amines) is 1. The second-order valence-electron chi connectivity index (χ2n) is 5.90. The molecule has 1 amide bonds. The van der Waals surface area contributed by atoms with Crippen molar-refractivity contribution < 1.29 is 9.53 Å². The highest BCUT2D eigenvalue weighted by Crippen LogP contribution is 2.37. The van der Waals surface area contributed by atoms with Gasteiger partial charge in [-0.05, 0) is 44.9 Å². The summed E-state index contributed by atoms with van der Waals surface area (Å²) < 4.78 is 9.82. The maximum absolute atomic E-state index is 12.2. The zero-order valence-electron chi connectivity index (χ0n) is 11.9. The van der Waals surface area contributed by atoms with E-state index in [1.54, 1.807) is 5.38 Å². The fraction of sp³-hybridized carbons (Fsp3) is 0.769. The molecule has 0 bridgehead atoms. The van der Waals surface area contributed by atoms with Gasteiger partial charge in [-0.25, -0.2) is 0 Å². The number of carbonyl (C=O) groups excluding carboxylic acids is 1. The molecular formula is C13H20N4O2S. The summed E-state index contributed by atoms with van der Waals surface area (Å²) in [6, 6.07) is 0.500. The minimum absolute atomic E-state index is 0.00393. The Bertz CT molecular complexity index is 469. The number of hydrogen-bond acceptors (Lipinski definition) is 6. The Morgan fingerprint density at radius 1 is 1.50 bits per heavy atom. The van der Waals surface area contributed by atoms with Gasteiger partial charge in [-0.2, -0.15) is 0 Å². The maximum Gasteiger partial charge on any atom is 0.275 e. The first-order valence-corrected chi connectivity index (χ1v) is 7.80. The summed E-state index contributed by atoms with van der Waals surface area (Å²) in [6.45, 7) is 2.30. The second kappa shape index (κ2) is 5.38.